The molecule has 0 radical (unpaired) electrons. The Morgan fingerprint density at radius 1 is 0.875 bits per heavy atom. The van der Waals surface area contributed by atoms with Gasteiger partial charge in [0, 0.05) is 0 Å². The lowest BCUT2D eigenvalue weighted by Crippen LogP contribution is -1.81. The standard InChI is InChI=1S/C15H13F/c1-11(2)12-3-5-13(6-4-12)14-7-9-15(16)10-8-14/h3-10H,1H2,2H3. The van der Waals surface area contributed by atoms with Gasteiger partial charge in [-0.1, -0.05) is 48.6 Å². The van der Waals surface area contributed by atoms with E-state index in [9.17, 15) is 4.39 Å². The highest BCUT2D eigenvalue weighted by Crippen LogP contribution is 2.21. The fourth-order valence-electron chi connectivity index (χ4n) is 1.59. The molecule has 80 valence electrons. The topological polar surface area (TPSA) is 0 Å². The quantitative estimate of drug-likeness (QED) is 0.686. The van der Waals surface area contributed by atoms with Crippen LogP contribution < -0.4 is 0 Å². The Bertz CT molecular complexity index is 492. The number of hydrogen-bond acceptors (Lipinski definition) is 0. The van der Waals surface area contributed by atoms with Gasteiger partial charge in [-0.2, -0.15) is 0 Å². The molecule has 0 unspecified atom stereocenters. The summed E-state index contributed by atoms with van der Waals surface area (Å²) in [5, 5.41) is 0. The molecule has 0 fully saturated rings. The first kappa shape index (κ1) is 10.6. The second kappa shape index (κ2) is 4.31. The fourth-order valence-corrected chi connectivity index (χ4v) is 1.59. The highest BCUT2D eigenvalue weighted by atomic mass is 19.1. The zero-order chi connectivity index (χ0) is 11.5. The molecule has 0 heterocycles. The Kier molecular flexibility index (Phi) is 2.86. The van der Waals surface area contributed by atoms with Gasteiger partial charge in [0.15, 0.2) is 0 Å². The average Bonchev–Trinajstić information content (AvgIpc) is 2.30. The minimum Gasteiger partial charge on any atom is -0.207 e. The monoisotopic (exact) mass is 212 g/mol. The third-order valence-electron chi connectivity index (χ3n) is 2.56. The van der Waals surface area contributed by atoms with Crippen molar-refractivity contribution in [1.29, 1.82) is 0 Å². The van der Waals surface area contributed by atoms with Crippen LogP contribution in [0, 0.1) is 5.82 Å². The largest absolute Gasteiger partial charge is 0.207 e. The summed E-state index contributed by atoms with van der Waals surface area (Å²) in [4.78, 5) is 0. The molecule has 0 aliphatic heterocycles. The van der Waals surface area contributed by atoms with E-state index in [1.165, 1.54) is 12.1 Å². The zero-order valence-electron chi connectivity index (χ0n) is 9.20. The molecule has 0 N–H and O–H groups in total. The Hall–Kier alpha value is -1.89. The van der Waals surface area contributed by atoms with Crippen molar-refractivity contribution in [3.63, 3.8) is 0 Å². The molecular weight excluding hydrogens is 199 g/mol. The molecule has 0 aliphatic carbocycles. The van der Waals surface area contributed by atoms with Crippen LogP contribution in [-0.2, 0) is 0 Å². The maximum atomic E-state index is 12.8. The van der Waals surface area contributed by atoms with E-state index in [-0.39, 0.29) is 5.82 Å². The Balaban J connectivity index is 2.34. The first-order valence-corrected chi connectivity index (χ1v) is 5.19. The third-order valence-corrected chi connectivity index (χ3v) is 2.56. The van der Waals surface area contributed by atoms with Gasteiger partial charge in [0.2, 0.25) is 0 Å². The molecule has 0 atom stereocenters. The smallest absolute Gasteiger partial charge is 0.123 e. The van der Waals surface area contributed by atoms with E-state index in [0.29, 0.717) is 0 Å². The summed E-state index contributed by atoms with van der Waals surface area (Å²) in [5.41, 5.74) is 4.29. The van der Waals surface area contributed by atoms with Gasteiger partial charge in [-0.05, 0) is 35.7 Å². The molecule has 0 saturated heterocycles. The summed E-state index contributed by atoms with van der Waals surface area (Å²) >= 11 is 0. The maximum Gasteiger partial charge on any atom is 0.123 e. The minimum absolute atomic E-state index is 0.206. The molecule has 1 heteroatoms. The Labute approximate surface area is 95.1 Å². The van der Waals surface area contributed by atoms with Crippen molar-refractivity contribution in [1.82, 2.24) is 0 Å². The number of halogens is 1. The van der Waals surface area contributed by atoms with Crippen molar-refractivity contribution in [2.75, 3.05) is 0 Å². The predicted octanol–water partition coefficient (Wildman–Crippen LogP) is 4.53. The van der Waals surface area contributed by atoms with E-state index in [4.69, 9.17) is 0 Å². The van der Waals surface area contributed by atoms with Gasteiger partial charge in [0.05, 0.1) is 0 Å². The summed E-state index contributed by atoms with van der Waals surface area (Å²) in [5.74, 6) is -0.206. The Morgan fingerprint density at radius 3 is 1.75 bits per heavy atom. The molecule has 0 amide bonds. The normalized spacial score (nSPS) is 10.1. The molecular formula is C15H13F. The van der Waals surface area contributed by atoms with Crippen molar-refractivity contribution in [3.05, 3.63) is 66.5 Å². The molecule has 0 aromatic heterocycles. The third kappa shape index (κ3) is 2.19. The van der Waals surface area contributed by atoms with E-state index >= 15 is 0 Å². The van der Waals surface area contributed by atoms with E-state index in [1.807, 2.05) is 31.2 Å². The molecule has 0 bridgehead atoms. The van der Waals surface area contributed by atoms with E-state index in [1.54, 1.807) is 12.1 Å². The molecule has 0 aliphatic rings. The van der Waals surface area contributed by atoms with Crippen LogP contribution in [0.25, 0.3) is 16.7 Å². The van der Waals surface area contributed by atoms with Crippen LogP contribution in [0.15, 0.2) is 55.1 Å². The van der Waals surface area contributed by atoms with Crippen LogP contribution in [0.5, 0.6) is 0 Å². The van der Waals surface area contributed by atoms with Crippen LogP contribution >= 0.6 is 0 Å². The number of allylic oxidation sites excluding steroid dienone is 1. The van der Waals surface area contributed by atoms with Crippen LogP contribution in [0.1, 0.15) is 12.5 Å². The molecule has 16 heavy (non-hydrogen) atoms. The van der Waals surface area contributed by atoms with Crippen LogP contribution in [0.3, 0.4) is 0 Å². The molecule has 0 saturated carbocycles. The van der Waals surface area contributed by atoms with Crippen molar-refractivity contribution in [2.45, 2.75) is 6.92 Å². The second-order valence-electron chi connectivity index (χ2n) is 3.86. The SMILES string of the molecule is C=C(C)c1ccc(-c2ccc(F)cc2)cc1. The van der Waals surface area contributed by atoms with E-state index in [0.717, 1.165) is 22.3 Å². The summed E-state index contributed by atoms with van der Waals surface area (Å²) in [7, 11) is 0. The predicted molar refractivity (Wildman–Crippen MR) is 66.5 cm³/mol. The fraction of sp³-hybridized carbons (Fsp3) is 0.0667. The lowest BCUT2D eigenvalue weighted by molar-refractivity contribution is 0.628. The van der Waals surface area contributed by atoms with Gasteiger partial charge in [-0.15, -0.1) is 0 Å². The number of hydrogen-bond donors (Lipinski definition) is 0. The molecule has 0 nitrogen and oxygen atoms in total. The molecule has 0 spiro atoms. The van der Waals surface area contributed by atoms with Gasteiger partial charge in [0.25, 0.3) is 0 Å². The van der Waals surface area contributed by atoms with Crippen molar-refractivity contribution in [3.8, 4) is 11.1 Å². The summed E-state index contributed by atoms with van der Waals surface area (Å²) < 4.78 is 12.8. The van der Waals surface area contributed by atoms with Crippen molar-refractivity contribution < 1.29 is 4.39 Å². The average molecular weight is 212 g/mol. The summed E-state index contributed by atoms with van der Waals surface area (Å²) in [6, 6.07) is 14.6. The number of rotatable bonds is 2. The molecule has 2 aromatic carbocycles. The lowest BCUT2D eigenvalue weighted by Gasteiger charge is -2.04. The van der Waals surface area contributed by atoms with Gasteiger partial charge >= 0.3 is 0 Å². The van der Waals surface area contributed by atoms with Crippen molar-refractivity contribution in [2.24, 2.45) is 0 Å². The number of benzene rings is 2. The summed E-state index contributed by atoms with van der Waals surface area (Å²) in [6.45, 7) is 5.87. The molecule has 2 aromatic rings. The molecule has 2 rings (SSSR count). The maximum absolute atomic E-state index is 12.8. The second-order valence-corrected chi connectivity index (χ2v) is 3.86. The highest BCUT2D eigenvalue weighted by molar-refractivity contribution is 5.68. The summed E-state index contributed by atoms with van der Waals surface area (Å²) in [6.07, 6.45) is 0. The van der Waals surface area contributed by atoms with Gasteiger partial charge in [-0.3, -0.25) is 0 Å². The van der Waals surface area contributed by atoms with Crippen LogP contribution in [0.4, 0.5) is 4.39 Å². The zero-order valence-corrected chi connectivity index (χ0v) is 9.20. The highest BCUT2D eigenvalue weighted by Gasteiger charge is 1.98. The van der Waals surface area contributed by atoms with Crippen LogP contribution in [-0.4, -0.2) is 0 Å². The lowest BCUT2D eigenvalue weighted by atomic mass is 10.0. The Morgan fingerprint density at radius 2 is 1.31 bits per heavy atom. The van der Waals surface area contributed by atoms with Gasteiger partial charge in [-0.25, -0.2) is 4.39 Å². The first-order chi connectivity index (χ1) is 7.66. The van der Waals surface area contributed by atoms with Crippen LogP contribution in [0.2, 0.25) is 0 Å². The first-order valence-electron chi connectivity index (χ1n) is 5.19. The van der Waals surface area contributed by atoms with Gasteiger partial charge < -0.3 is 0 Å². The van der Waals surface area contributed by atoms with Crippen molar-refractivity contribution >= 4 is 5.57 Å². The van der Waals surface area contributed by atoms with Gasteiger partial charge in [0.1, 0.15) is 5.82 Å². The van der Waals surface area contributed by atoms with E-state index < -0.39 is 0 Å². The minimum atomic E-state index is -0.206. The van der Waals surface area contributed by atoms with E-state index in [2.05, 4.69) is 6.58 Å².